The maximum Gasteiger partial charge on any atom is 0.404 e. The minimum Gasteiger partial charge on any atom is -0.325 e. The number of anilines is 1. The van der Waals surface area contributed by atoms with E-state index in [9.17, 15) is 22.4 Å². The van der Waals surface area contributed by atoms with Crippen LogP contribution in [0.3, 0.4) is 0 Å². The Labute approximate surface area is 113 Å². The van der Waals surface area contributed by atoms with Crippen molar-refractivity contribution in [2.24, 2.45) is 5.41 Å². The van der Waals surface area contributed by atoms with Gasteiger partial charge in [-0.2, -0.15) is 13.2 Å². The van der Waals surface area contributed by atoms with Gasteiger partial charge < -0.3 is 10.6 Å². The quantitative estimate of drug-likeness (QED) is 0.822. The van der Waals surface area contributed by atoms with Crippen molar-refractivity contribution in [1.29, 1.82) is 0 Å². The Morgan fingerprint density at radius 1 is 1.40 bits per heavy atom. The predicted octanol–water partition coefficient (Wildman–Crippen LogP) is 2.61. The van der Waals surface area contributed by atoms with Crippen molar-refractivity contribution in [2.45, 2.75) is 19.5 Å². The van der Waals surface area contributed by atoms with E-state index in [1.54, 1.807) is 0 Å². The van der Waals surface area contributed by atoms with E-state index < -0.39 is 29.9 Å². The Morgan fingerprint density at radius 3 is 2.60 bits per heavy atom. The van der Waals surface area contributed by atoms with Crippen molar-refractivity contribution in [2.75, 3.05) is 18.4 Å². The number of carbonyl (C=O) groups excluding carboxylic acids is 1. The van der Waals surface area contributed by atoms with E-state index >= 15 is 0 Å². The van der Waals surface area contributed by atoms with Crippen molar-refractivity contribution in [3.05, 3.63) is 29.6 Å². The van der Waals surface area contributed by atoms with Crippen LogP contribution in [-0.2, 0) is 4.79 Å². The molecule has 0 radical (unpaired) electrons. The van der Waals surface area contributed by atoms with Crippen LogP contribution >= 0.6 is 0 Å². The van der Waals surface area contributed by atoms with Gasteiger partial charge in [-0.25, -0.2) is 4.39 Å². The van der Waals surface area contributed by atoms with E-state index in [4.69, 9.17) is 0 Å². The lowest BCUT2D eigenvalue weighted by atomic mass is 9.85. The largest absolute Gasteiger partial charge is 0.404 e. The summed E-state index contributed by atoms with van der Waals surface area (Å²) in [4.78, 5) is 12.0. The van der Waals surface area contributed by atoms with Gasteiger partial charge in [0.05, 0.1) is 0 Å². The lowest BCUT2D eigenvalue weighted by Gasteiger charge is -2.29. The molecule has 0 aliphatic carbocycles. The van der Waals surface area contributed by atoms with Gasteiger partial charge in [0.25, 0.3) is 0 Å². The van der Waals surface area contributed by atoms with Crippen molar-refractivity contribution >= 4 is 11.6 Å². The molecule has 2 rings (SSSR count). The van der Waals surface area contributed by atoms with E-state index in [0.717, 1.165) is 6.07 Å². The fourth-order valence-corrected chi connectivity index (χ4v) is 2.23. The summed E-state index contributed by atoms with van der Waals surface area (Å²) >= 11 is 0. The molecule has 1 aromatic carbocycles. The van der Waals surface area contributed by atoms with Crippen LogP contribution in [-0.4, -0.2) is 25.2 Å². The van der Waals surface area contributed by atoms with Crippen LogP contribution in [0.2, 0.25) is 0 Å². The first-order valence-electron chi connectivity index (χ1n) is 6.11. The SMILES string of the molecule is Cc1cc(NC(=O)C2(C(F)(F)F)CCNC2)ccc1F. The molecule has 0 spiro atoms. The molecule has 20 heavy (non-hydrogen) atoms. The molecule has 1 heterocycles. The van der Waals surface area contributed by atoms with Gasteiger partial charge in [0.1, 0.15) is 5.82 Å². The number of halogens is 4. The highest BCUT2D eigenvalue weighted by atomic mass is 19.4. The number of hydrogen-bond donors (Lipinski definition) is 2. The highest BCUT2D eigenvalue weighted by Crippen LogP contribution is 2.43. The van der Waals surface area contributed by atoms with Gasteiger partial charge in [-0.15, -0.1) is 0 Å². The molecule has 0 saturated carbocycles. The fraction of sp³-hybridized carbons (Fsp3) is 0.462. The molecular weight excluding hydrogens is 276 g/mol. The average molecular weight is 290 g/mol. The molecule has 7 heteroatoms. The molecule has 0 aromatic heterocycles. The highest BCUT2D eigenvalue weighted by molar-refractivity contribution is 5.96. The molecule has 1 aliphatic heterocycles. The third-order valence-electron chi connectivity index (χ3n) is 3.55. The summed E-state index contributed by atoms with van der Waals surface area (Å²) in [5.74, 6) is -1.59. The monoisotopic (exact) mass is 290 g/mol. The third kappa shape index (κ3) is 2.49. The second kappa shape index (κ2) is 5.05. The van der Waals surface area contributed by atoms with Crippen LogP contribution < -0.4 is 10.6 Å². The second-order valence-electron chi connectivity index (χ2n) is 4.92. The number of amides is 1. The number of hydrogen-bond acceptors (Lipinski definition) is 2. The molecule has 1 unspecified atom stereocenters. The summed E-state index contributed by atoms with van der Waals surface area (Å²) in [5, 5.41) is 4.80. The third-order valence-corrected chi connectivity index (χ3v) is 3.55. The summed E-state index contributed by atoms with van der Waals surface area (Å²) < 4.78 is 52.6. The Kier molecular flexibility index (Phi) is 3.73. The fourth-order valence-electron chi connectivity index (χ4n) is 2.23. The molecule has 0 bridgehead atoms. The molecule has 1 amide bonds. The molecular formula is C13H14F4N2O. The van der Waals surface area contributed by atoms with Crippen LogP contribution in [0.4, 0.5) is 23.2 Å². The van der Waals surface area contributed by atoms with Crippen LogP contribution in [0.25, 0.3) is 0 Å². The number of alkyl halides is 3. The molecule has 1 atom stereocenters. The maximum atomic E-state index is 13.2. The average Bonchev–Trinajstić information content (AvgIpc) is 2.84. The summed E-state index contributed by atoms with van der Waals surface area (Å²) in [6.07, 6.45) is -4.93. The first kappa shape index (κ1) is 14.8. The lowest BCUT2D eigenvalue weighted by Crippen LogP contribution is -2.49. The van der Waals surface area contributed by atoms with E-state index in [1.165, 1.54) is 19.1 Å². The minimum atomic E-state index is -4.63. The van der Waals surface area contributed by atoms with Crippen LogP contribution in [0.1, 0.15) is 12.0 Å². The van der Waals surface area contributed by atoms with E-state index in [-0.39, 0.29) is 24.2 Å². The summed E-state index contributed by atoms with van der Waals surface area (Å²) in [6, 6.07) is 3.66. The Hall–Kier alpha value is -1.63. The van der Waals surface area contributed by atoms with E-state index in [1.807, 2.05) is 0 Å². The standard InChI is InChI=1S/C13H14F4N2O/c1-8-6-9(2-3-10(8)14)19-11(20)12(13(15,16)17)4-5-18-7-12/h2-3,6,18H,4-5,7H2,1H3,(H,19,20). The Balaban J connectivity index is 2.23. The van der Waals surface area contributed by atoms with Gasteiger partial charge in [-0.05, 0) is 43.7 Å². The van der Waals surface area contributed by atoms with Crippen molar-refractivity contribution in [3.63, 3.8) is 0 Å². The molecule has 2 N–H and O–H groups in total. The second-order valence-corrected chi connectivity index (χ2v) is 4.92. The summed E-state index contributed by atoms with van der Waals surface area (Å²) in [7, 11) is 0. The van der Waals surface area contributed by atoms with E-state index in [2.05, 4.69) is 10.6 Å². The number of carbonyl (C=O) groups is 1. The number of benzene rings is 1. The lowest BCUT2D eigenvalue weighted by molar-refractivity contribution is -0.213. The predicted molar refractivity (Wildman–Crippen MR) is 65.7 cm³/mol. The Bertz CT molecular complexity index is 522. The van der Waals surface area contributed by atoms with E-state index in [0.29, 0.717) is 0 Å². The first-order chi connectivity index (χ1) is 9.26. The van der Waals surface area contributed by atoms with Crippen molar-refractivity contribution < 1.29 is 22.4 Å². The molecule has 1 aliphatic rings. The van der Waals surface area contributed by atoms with Gasteiger partial charge in [0.15, 0.2) is 5.41 Å². The van der Waals surface area contributed by atoms with Gasteiger partial charge in [0.2, 0.25) is 5.91 Å². The zero-order valence-corrected chi connectivity index (χ0v) is 10.8. The normalized spacial score (nSPS) is 22.9. The summed E-state index contributed by atoms with van der Waals surface area (Å²) in [5.41, 5.74) is -2.01. The molecule has 1 fully saturated rings. The van der Waals surface area contributed by atoms with Gasteiger partial charge >= 0.3 is 6.18 Å². The minimum absolute atomic E-state index is 0.134. The number of nitrogens with one attached hydrogen (secondary N) is 2. The van der Waals surface area contributed by atoms with Gasteiger partial charge in [-0.3, -0.25) is 4.79 Å². The van der Waals surface area contributed by atoms with Crippen LogP contribution in [0.5, 0.6) is 0 Å². The molecule has 1 aromatic rings. The Morgan fingerprint density at radius 2 is 2.10 bits per heavy atom. The molecule has 110 valence electrons. The molecule has 3 nitrogen and oxygen atoms in total. The topological polar surface area (TPSA) is 41.1 Å². The van der Waals surface area contributed by atoms with Crippen LogP contribution in [0, 0.1) is 18.2 Å². The van der Waals surface area contributed by atoms with Gasteiger partial charge in [-0.1, -0.05) is 0 Å². The maximum absolute atomic E-state index is 13.2. The number of aryl methyl sites for hydroxylation is 1. The zero-order chi connectivity index (χ0) is 15.0. The zero-order valence-electron chi connectivity index (χ0n) is 10.8. The van der Waals surface area contributed by atoms with Crippen molar-refractivity contribution in [3.8, 4) is 0 Å². The van der Waals surface area contributed by atoms with Crippen molar-refractivity contribution in [1.82, 2.24) is 5.32 Å². The summed E-state index contributed by atoms with van der Waals surface area (Å²) in [6.45, 7) is 1.17. The first-order valence-corrected chi connectivity index (χ1v) is 6.11. The number of rotatable bonds is 2. The molecule has 1 saturated heterocycles. The van der Waals surface area contributed by atoms with Crippen LogP contribution in [0.15, 0.2) is 18.2 Å². The highest BCUT2D eigenvalue weighted by Gasteiger charge is 2.61. The smallest absolute Gasteiger partial charge is 0.325 e. The van der Waals surface area contributed by atoms with Gasteiger partial charge in [0, 0.05) is 12.2 Å².